The maximum absolute atomic E-state index is 12.0. The van der Waals surface area contributed by atoms with E-state index in [9.17, 15) is 4.79 Å². The van der Waals surface area contributed by atoms with Gasteiger partial charge in [-0.2, -0.15) is 5.10 Å². The molecule has 0 saturated heterocycles. The third kappa shape index (κ3) is 3.64. The Morgan fingerprint density at radius 2 is 2.32 bits per heavy atom. The fourth-order valence-electron chi connectivity index (χ4n) is 1.76. The van der Waals surface area contributed by atoms with Gasteiger partial charge in [0.2, 0.25) is 0 Å². The highest BCUT2D eigenvalue weighted by Crippen LogP contribution is 2.19. The van der Waals surface area contributed by atoms with Crippen LogP contribution >= 0.6 is 11.3 Å². The van der Waals surface area contributed by atoms with Crippen LogP contribution in [0, 0.1) is 13.8 Å². The number of carbonyl (C=O) groups excluding carboxylic acids is 1. The van der Waals surface area contributed by atoms with E-state index in [0.29, 0.717) is 4.88 Å². The average molecular weight is 279 g/mol. The van der Waals surface area contributed by atoms with Gasteiger partial charge in [-0.1, -0.05) is 0 Å². The van der Waals surface area contributed by atoms with Crippen molar-refractivity contribution in [2.45, 2.75) is 39.8 Å². The lowest BCUT2D eigenvalue weighted by molar-refractivity contribution is 0.0318. The summed E-state index contributed by atoms with van der Waals surface area (Å²) >= 11 is 1.38. The van der Waals surface area contributed by atoms with Crippen LogP contribution in [0.1, 0.15) is 33.7 Å². The smallest absolute Gasteiger partial charge is 0.350 e. The molecule has 0 aliphatic carbocycles. The number of hydrogen-bond donors (Lipinski definition) is 0. The van der Waals surface area contributed by atoms with E-state index in [1.807, 2.05) is 37.7 Å². The predicted octanol–water partition coefficient (Wildman–Crippen LogP) is 2.59. The number of rotatable bonds is 5. The van der Waals surface area contributed by atoms with Gasteiger partial charge in [-0.25, -0.2) is 9.78 Å². The first-order chi connectivity index (χ1) is 9.06. The molecule has 0 aliphatic heterocycles. The summed E-state index contributed by atoms with van der Waals surface area (Å²) in [4.78, 5) is 16.8. The van der Waals surface area contributed by atoms with Gasteiger partial charge in [0.15, 0.2) is 0 Å². The molecule has 2 rings (SSSR count). The Morgan fingerprint density at radius 1 is 1.53 bits per heavy atom. The van der Waals surface area contributed by atoms with E-state index in [4.69, 9.17) is 4.74 Å². The fraction of sp³-hybridized carbons (Fsp3) is 0.462. The number of carbonyl (C=O) groups is 1. The second-order valence-corrected chi connectivity index (χ2v) is 5.62. The van der Waals surface area contributed by atoms with Gasteiger partial charge in [0.25, 0.3) is 0 Å². The van der Waals surface area contributed by atoms with Gasteiger partial charge in [-0.3, -0.25) is 4.68 Å². The van der Waals surface area contributed by atoms with Crippen LogP contribution in [-0.2, 0) is 11.3 Å². The number of ether oxygens (including phenoxy) is 1. The molecular weight excluding hydrogens is 262 g/mol. The molecule has 5 nitrogen and oxygen atoms in total. The summed E-state index contributed by atoms with van der Waals surface area (Å²) < 4.78 is 7.25. The van der Waals surface area contributed by atoms with Crippen molar-refractivity contribution in [3.05, 3.63) is 34.0 Å². The Kier molecular flexibility index (Phi) is 4.31. The fourth-order valence-corrected chi connectivity index (χ4v) is 2.57. The molecular formula is C13H17N3O2S. The summed E-state index contributed by atoms with van der Waals surface area (Å²) in [6.07, 6.45) is 4.23. The minimum atomic E-state index is -0.281. The quantitative estimate of drug-likeness (QED) is 0.789. The number of aryl methyl sites for hydroxylation is 3. The minimum Gasteiger partial charge on any atom is -0.458 e. The van der Waals surface area contributed by atoms with E-state index in [1.165, 1.54) is 11.3 Å². The van der Waals surface area contributed by atoms with Crippen molar-refractivity contribution in [1.82, 2.24) is 14.8 Å². The molecule has 19 heavy (non-hydrogen) atoms. The highest BCUT2D eigenvalue weighted by atomic mass is 32.1. The minimum absolute atomic E-state index is 0.140. The molecule has 0 fully saturated rings. The Labute approximate surface area is 116 Å². The Morgan fingerprint density at radius 3 is 2.89 bits per heavy atom. The Balaban J connectivity index is 1.86. The van der Waals surface area contributed by atoms with Crippen LogP contribution < -0.4 is 0 Å². The molecule has 2 heterocycles. The van der Waals surface area contributed by atoms with Crippen LogP contribution in [0.25, 0.3) is 0 Å². The zero-order chi connectivity index (χ0) is 13.8. The van der Waals surface area contributed by atoms with E-state index in [0.717, 1.165) is 23.7 Å². The first-order valence-electron chi connectivity index (χ1n) is 6.18. The molecule has 0 N–H and O–H groups in total. The molecule has 6 heteroatoms. The molecule has 0 spiro atoms. The van der Waals surface area contributed by atoms with Crippen molar-refractivity contribution < 1.29 is 9.53 Å². The zero-order valence-corrected chi connectivity index (χ0v) is 12.1. The maximum Gasteiger partial charge on any atom is 0.350 e. The average Bonchev–Trinajstić information content (AvgIpc) is 2.96. The van der Waals surface area contributed by atoms with Crippen LogP contribution in [0.5, 0.6) is 0 Å². The number of thiazole rings is 1. The topological polar surface area (TPSA) is 57.0 Å². The molecule has 0 unspecified atom stereocenters. The number of nitrogens with zero attached hydrogens (tertiary/aromatic N) is 3. The first kappa shape index (κ1) is 13.7. The molecule has 1 atom stereocenters. The van der Waals surface area contributed by atoms with Gasteiger partial charge in [0, 0.05) is 25.4 Å². The van der Waals surface area contributed by atoms with Crippen molar-refractivity contribution in [3.8, 4) is 0 Å². The molecule has 0 bridgehead atoms. The van der Waals surface area contributed by atoms with Crippen molar-refractivity contribution in [3.63, 3.8) is 0 Å². The van der Waals surface area contributed by atoms with Crippen LogP contribution in [0.3, 0.4) is 0 Å². The van der Waals surface area contributed by atoms with E-state index in [2.05, 4.69) is 10.1 Å². The lowest BCUT2D eigenvalue weighted by atomic mass is 10.3. The molecule has 0 saturated carbocycles. The molecule has 102 valence electrons. The Hall–Kier alpha value is -1.69. The van der Waals surface area contributed by atoms with Gasteiger partial charge in [0.1, 0.15) is 11.0 Å². The lowest BCUT2D eigenvalue weighted by Gasteiger charge is -2.12. The van der Waals surface area contributed by atoms with Crippen molar-refractivity contribution in [2.24, 2.45) is 0 Å². The lowest BCUT2D eigenvalue weighted by Crippen LogP contribution is -2.17. The van der Waals surface area contributed by atoms with E-state index < -0.39 is 0 Å². The molecule has 0 amide bonds. The van der Waals surface area contributed by atoms with E-state index in [-0.39, 0.29) is 12.1 Å². The Bertz CT molecular complexity index is 548. The van der Waals surface area contributed by atoms with Crippen LogP contribution in [0.2, 0.25) is 0 Å². The molecule has 0 aliphatic rings. The normalized spacial score (nSPS) is 12.4. The summed E-state index contributed by atoms with van der Waals surface area (Å²) in [5.74, 6) is -0.281. The summed E-state index contributed by atoms with van der Waals surface area (Å²) in [7, 11) is 0. The third-order valence-electron chi connectivity index (χ3n) is 2.72. The predicted molar refractivity (Wildman–Crippen MR) is 73.3 cm³/mol. The molecule has 2 aromatic rings. The summed E-state index contributed by atoms with van der Waals surface area (Å²) in [6, 6.07) is 1.88. The first-order valence-corrected chi connectivity index (χ1v) is 7.00. The largest absolute Gasteiger partial charge is 0.458 e. The molecule has 0 radical (unpaired) electrons. The van der Waals surface area contributed by atoms with Crippen LogP contribution in [0.4, 0.5) is 0 Å². The number of esters is 1. The van der Waals surface area contributed by atoms with E-state index >= 15 is 0 Å². The van der Waals surface area contributed by atoms with Crippen LogP contribution in [-0.4, -0.2) is 26.8 Å². The third-order valence-corrected chi connectivity index (χ3v) is 3.77. The number of hydrogen-bond acceptors (Lipinski definition) is 5. The molecule has 0 aromatic carbocycles. The summed E-state index contributed by atoms with van der Waals surface area (Å²) in [6.45, 7) is 6.34. The van der Waals surface area contributed by atoms with Gasteiger partial charge in [-0.15, -0.1) is 11.3 Å². The van der Waals surface area contributed by atoms with Gasteiger partial charge in [0.05, 0.1) is 10.7 Å². The van der Waals surface area contributed by atoms with Gasteiger partial charge in [-0.05, 0) is 26.8 Å². The second-order valence-electron chi connectivity index (χ2n) is 4.42. The molecule has 2 aromatic heterocycles. The standard InChI is InChI=1S/C13H17N3O2S/c1-9(5-8-16-7-4-6-14-16)18-13(17)12-10(2)15-11(3)19-12/h4,6-7,9H,5,8H2,1-3H3/t9-/m0/s1. The van der Waals surface area contributed by atoms with E-state index in [1.54, 1.807) is 6.20 Å². The van der Waals surface area contributed by atoms with Crippen molar-refractivity contribution in [2.75, 3.05) is 0 Å². The van der Waals surface area contributed by atoms with Crippen molar-refractivity contribution in [1.29, 1.82) is 0 Å². The van der Waals surface area contributed by atoms with Crippen LogP contribution in [0.15, 0.2) is 18.5 Å². The van der Waals surface area contributed by atoms with Gasteiger partial charge >= 0.3 is 5.97 Å². The van der Waals surface area contributed by atoms with Crippen molar-refractivity contribution >= 4 is 17.3 Å². The zero-order valence-electron chi connectivity index (χ0n) is 11.3. The highest BCUT2D eigenvalue weighted by molar-refractivity contribution is 7.13. The van der Waals surface area contributed by atoms with Gasteiger partial charge < -0.3 is 4.74 Å². The monoisotopic (exact) mass is 279 g/mol. The number of aromatic nitrogens is 3. The summed E-state index contributed by atoms with van der Waals surface area (Å²) in [5.41, 5.74) is 0.742. The highest BCUT2D eigenvalue weighted by Gasteiger charge is 2.17. The summed E-state index contributed by atoms with van der Waals surface area (Å²) in [5, 5.41) is 4.99. The SMILES string of the molecule is Cc1nc(C)c(C(=O)O[C@@H](C)CCn2cccn2)s1. The maximum atomic E-state index is 12.0. The second kappa shape index (κ2) is 5.97.